The lowest BCUT2D eigenvalue weighted by atomic mass is 9.90. The third-order valence-electron chi connectivity index (χ3n) is 3.76. The first-order valence-corrected chi connectivity index (χ1v) is 5.86. The normalized spacial score (nSPS) is 21.5. The van der Waals surface area contributed by atoms with E-state index in [-0.39, 0.29) is 0 Å². The molecule has 2 aliphatic carbocycles. The molecule has 15 heavy (non-hydrogen) atoms. The zero-order valence-corrected chi connectivity index (χ0v) is 9.56. The van der Waals surface area contributed by atoms with E-state index in [1.165, 1.54) is 28.9 Å². The second-order valence-electron chi connectivity index (χ2n) is 5.75. The summed E-state index contributed by atoms with van der Waals surface area (Å²) in [4.78, 5) is 4.81. The summed E-state index contributed by atoms with van der Waals surface area (Å²) in [5.41, 5.74) is 13.0. The second kappa shape index (κ2) is 2.75. The number of nitrogen functional groups attached to an aromatic ring is 1. The van der Waals surface area contributed by atoms with Crippen LogP contribution in [0.4, 0.5) is 5.69 Å². The molecule has 80 valence electrons. The molecule has 0 atom stereocenters. The van der Waals surface area contributed by atoms with Crippen LogP contribution in [0.15, 0.2) is 0 Å². The predicted octanol–water partition coefficient (Wildman–Crippen LogP) is 2.28. The van der Waals surface area contributed by atoms with Gasteiger partial charge in [0.05, 0.1) is 0 Å². The molecule has 2 nitrogen and oxygen atoms in total. The van der Waals surface area contributed by atoms with Gasteiger partial charge in [-0.2, -0.15) is 0 Å². The third-order valence-corrected chi connectivity index (χ3v) is 3.76. The average molecular weight is 202 g/mol. The van der Waals surface area contributed by atoms with Crippen molar-refractivity contribution in [2.45, 2.75) is 46.0 Å². The Labute approximate surface area is 90.9 Å². The van der Waals surface area contributed by atoms with Crippen molar-refractivity contribution in [3.63, 3.8) is 0 Å². The maximum atomic E-state index is 6.27. The fourth-order valence-electron chi connectivity index (χ4n) is 3.05. The Morgan fingerprint density at radius 3 is 2.67 bits per heavy atom. The van der Waals surface area contributed by atoms with E-state index in [2.05, 4.69) is 13.8 Å². The summed E-state index contributed by atoms with van der Waals surface area (Å²) < 4.78 is 0. The highest BCUT2D eigenvalue weighted by atomic mass is 14.8. The van der Waals surface area contributed by atoms with E-state index >= 15 is 0 Å². The monoisotopic (exact) mass is 202 g/mol. The van der Waals surface area contributed by atoms with Crippen molar-refractivity contribution in [1.29, 1.82) is 0 Å². The van der Waals surface area contributed by atoms with Gasteiger partial charge < -0.3 is 5.73 Å². The number of pyridine rings is 1. The Balaban J connectivity index is 2.17. The molecule has 0 bridgehead atoms. The molecule has 0 spiro atoms. The van der Waals surface area contributed by atoms with Crippen LogP contribution in [0.25, 0.3) is 0 Å². The van der Waals surface area contributed by atoms with Crippen LogP contribution in [0.3, 0.4) is 0 Å². The van der Waals surface area contributed by atoms with E-state index in [0.29, 0.717) is 5.41 Å². The van der Waals surface area contributed by atoms with Gasteiger partial charge in [-0.15, -0.1) is 0 Å². The van der Waals surface area contributed by atoms with Crippen molar-refractivity contribution in [2.24, 2.45) is 5.41 Å². The summed E-state index contributed by atoms with van der Waals surface area (Å²) in [7, 11) is 0. The van der Waals surface area contributed by atoms with Crippen LogP contribution in [0.5, 0.6) is 0 Å². The standard InChI is InChI=1S/C13H18N2/c1-13(2)6-9-11(7-13)15-10-5-3-4-8(10)12(9)14/h3-7H2,1-2H3,(H2,14,15). The molecule has 2 heteroatoms. The Hall–Kier alpha value is -1.05. The minimum absolute atomic E-state index is 0.360. The molecule has 0 radical (unpaired) electrons. The highest BCUT2D eigenvalue weighted by molar-refractivity contribution is 5.60. The van der Waals surface area contributed by atoms with Gasteiger partial charge in [-0.05, 0) is 48.6 Å². The first kappa shape index (κ1) is 9.20. The van der Waals surface area contributed by atoms with Gasteiger partial charge in [-0.1, -0.05) is 13.8 Å². The van der Waals surface area contributed by atoms with Gasteiger partial charge in [-0.25, -0.2) is 0 Å². The number of nitrogens with zero attached hydrogens (tertiary/aromatic N) is 1. The molecule has 2 aliphatic rings. The van der Waals surface area contributed by atoms with Crippen molar-refractivity contribution in [3.05, 3.63) is 22.5 Å². The number of hydrogen-bond donors (Lipinski definition) is 1. The van der Waals surface area contributed by atoms with Crippen LogP contribution in [-0.2, 0) is 25.7 Å². The molecular weight excluding hydrogens is 184 g/mol. The van der Waals surface area contributed by atoms with Gasteiger partial charge in [0, 0.05) is 17.1 Å². The largest absolute Gasteiger partial charge is 0.398 e. The molecule has 0 aliphatic heterocycles. The van der Waals surface area contributed by atoms with E-state index in [1.807, 2.05) is 0 Å². The molecule has 0 amide bonds. The summed E-state index contributed by atoms with van der Waals surface area (Å²) in [5, 5.41) is 0. The Kier molecular flexibility index (Phi) is 1.68. The molecule has 2 N–H and O–H groups in total. The second-order valence-corrected chi connectivity index (χ2v) is 5.75. The summed E-state index contributed by atoms with van der Waals surface area (Å²) in [6.45, 7) is 4.61. The number of aryl methyl sites for hydroxylation is 1. The molecule has 0 saturated carbocycles. The first-order valence-electron chi connectivity index (χ1n) is 5.86. The zero-order valence-electron chi connectivity index (χ0n) is 9.56. The lowest BCUT2D eigenvalue weighted by Gasteiger charge is -2.14. The van der Waals surface area contributed by atoms with Crippen molar-refractivity contribution in [1.82, 2.24) is 4.98 Å². The number of rotatable bonds is 0. The number of anilines is 1. The van der Waals surface area contributed by atoms with E-state index in [4.69, 9.17) is 10.7 Å². The highest BCUT2D eigenvalue weighted by Gasteiger charge is 2.33. The zero-order chi connectivity index (χ0) is 10.6. The van der Waals surface area contributed by atoms with Crippen molar-refractivity contribution >= 4 is 5.69 Å². The van der Waals surface area contributed by atoms with Gasteiger partial charge in [0.2, 0.25) is 0 Å². The molecule has 3 rings (SSSR count). The molecule has 1 aromatic heterocycles. The maximum Gasteiger partial charge on any atom is 0.0465 e. The average Bonchev–Trinajstić information content (AvgIpc) is 2.68. The number of nitrogens with two attached hydrogens (primary N) is 1. The molecule has 1 heterocycles. The van der Waals surface area contributed by atoms with Crippen molar-refractivity contribution < 1.29 is 0 Å². The van der Waals surface area contributed by atoms with Gasteiger partial charge in [-0.3, -0.25) is 4.98 Å². The number of aromatic nitrogens is 1. The SMILES string of the molecule is CC1(C)Cc2nc3c(c(N)c2C1)CCC3. The fraction of sp³-hybridized carbons (Fsp3) is 0.615. The van der Waals surface area contributed by atoms with Crippen molar-refractivity contribution in [2.75, 3.05) is 5.73 Å². The van der Waals surface area contributed by atoms with Crippen LogP contribution < -0.4 is 5.73 Å². The minimum atomic E-state index is 0.360. The quantitative estimate of drug-likeness (QED) is 0.701. The summed E-state index contributed by atoms with van der Waals surface area (Å²) in [6, 6.07) is 0. The summed E-state index contributed by atoms with van der Waals surface area (Å²) >= 11 is 0. The maximum absolute atomic E-state index is 6.27. The number of fused-ring (bicyclic) bond motifs is 2. The van der Waals surface area contributed by atoms with Gasteiger partial charge in [0.15, 0.2) is 0 Å². The molecule has 1 aromatic rings. The highest BCUT2D eigenvalue weighted by Crippen LogP contribution is 2.41. The van der Waals surface area contributed by atoms with E-state index in [1.54, 1.807) is 0 Å². The van der Waals surface area contributed by atoms with E-state index < -0.39 is 0 Å². The molecule has 0 unspecified atom stereocenters. The van der Waals surface area contributed by atoms with E-state index in [0.717, 1.165) is 31.4 Å². The van der Waals surface area contributed by atoms with Crippen LogP contribution in [-0.4, -0.2) is 4.98 Å². The van der Waals surface area contributed by atoms with Crippen LogP contribution in [0, 0.1) is 5.41 Å². The lowest BCUT2D eigenvalue weighted by molar-refractivity contribution is 0.390. The van der Waals surface area contributed by atoms with Crippen LogP contribution >= 0.6 is 0 Å². The van der Waals surface area contributed by atoms with Crippen LogP contribution in [0.1, 0.15) is 42.8 Å². The van der Waals surface area contributed by atoms with Gasteiger partial charge >= 0.3 is 0 Å². The Bertz CT molecular complexity index is 433. The first-order chi connectivity index (χ1) is 7.07. The molecule has 0 fully saturated rings. The lowest BCUT2D eigenvalue weighted by Crippen LogP contribution is -2.10. The predicted molar refractivity (Wildman–Crippen MR) is 61.9 cm³/mol. The Morgan fingerprint density at radius 2 is 1.87 bits per heavy atom. The summed E-state index contributed by atoms with van der Waals surface area (Å²) in [6.07, 6.45) is 5.71. The van der Waals surface area contributed by atoms with E-state index in [9.17, 15) is 0 Å². The van der Waals surface area contributed by atoms with Gasteiger partial charge in [0.1, 0.15) is 0 Å². The number of hydrogen-bond acceptors (Lipinski definition) is 2. The Morgan fingerprint density at radius 1 is 1.07 bits per heavy atom. The minimum Gasteiger partial charge on any atom is -0.398 e. The molecule has 0 aromatic carbocycles. The smallest absolute Gasteiger partial charge is 0.0465 e. The fourth-order valence-corrected chi connectivity index (χ4v) is 3.05. The van der Waals surface area contributed by atoms with Crippen molar-refractivity contribution in [3.8, 4) is 0 Å². The molecular formula is C13H18N2. The molecule has 0 saturated heterocycles. The van der Waals surface area contributed by atoms with Gasteiger partial charge in [0.25, 0.3) is 0 Å². The topological polar surface area (TPSA) is 38.9 Å². The third kappa shape index (κ3) is 1.27. The summed E-state index contributed by atoms with van der Waals surface area (Å²) in [5.74, 6) is 0. The van der Waals surface area contributed by atoms with Crippen LogP contribution in [0.2, 0.25) is 0 Å².